The van der Waals surface area contributed by atoms with Gasteiger partial charge in [0, 0.05) is 41.3 Å². The van der Waals surface area contributed by atoms with Crippen molar-refractivity contribution in [3.63, 3.8) is 0 Å². The molecule has 0 bridgehead atoms. The van der Waals surface area contributed by atoms with Gasteiger partial charge >= 0.3 is 18.3 Å². The summed E-state index contributed by atoms with van der Waals surface area (Å²) in [7, 11) is 0. The molecule has 0 amide bonds. The Kier molecular flexibility index (Phi) is 6.17. The molecule has 0 radical (unpaired) electrons. The molecule has 4 rings (SSSR count). The van der Waals surface area contributed by atoms with Crippen LogP contribution < -0.4 is 5.32 Å². The third kappa shape index (κ3) is 6.10. The number of hydrogen-bond acceptors (Lipinski definition) is 7. The number of carboxylic acids is 1. The minimum atomic E-state index is -4.67. The van der Waals surface area contributed by atoms with Crippen molar-refractivity contribution in [2.45, 2.75) is 31.1 Å². The third-order valence-electron chi connectivity index (χ3n) is 4.80. The maximum Gasteiger partial charge on any atom is 0.433 e. The fourth-order valence-corrected chi connectivity index (χ4v) is 3.01. The number of pyridine rings is 1. The minimum Gasteiger partial charge on any atom is -0.478 e. The third-order valence-corrected chi connectivity index (χ3v) is 4.80. The van der Waals surface area contributed by atoms with E-state index in [0.717, 1.165) is 48.5 Å². The molecule has 1 aliphatic rings. The Morgan fingerprint density at radius 1 is 1.11 bits per heavy atom. The van der Waals surface area contributed by atoms with Crippen molar-refractivity contribution in [1.82, 2.24) is 29.7 Å². The number of halogens is 6. The first-order valence-corrected chi connectivity index (χ1v) is 9.98. The zero-order chi connectivity index (χ0) is 25.4. The van der Waals surface area contributed by atoms with Gasteiger partial charge in [-0.25, -0.2) is 29.4 Å². The van der Waals surface area contributed by atoms with Gasteiger partial charge in [-0.3, -0.25) is 0 Å². The molecular formula is C20H15F6N7O2. The number of alkyl halides is 6. The second-order valence-corrected chi connectivity index (χ2v) is 7.60. The molecule has 1 saturated carbocycles. The molecule has 35 heavy (non-hydrogen) atoms. The van der Waals surface area contributed by atoms with E-state index in [1.165, 1.54) is 6.07 Å². The number of carbonyl (C=O) groups is 1. The van der Waals surface area contributed by atoms with Crippen molar-refractivity contribution in [3.8, 4) is 11.4 Å². The molecule has 0 spiro atoms. The standard InChI is InChI=1S/C20H15F6N7O2/c21-19(22,23)8-29-18-27-5-12(6-28-18)13(17(34)35)7-33-9-30-16(32-33)11-3-14(10-1-2-10)31-15(4-11)20(24,25)26/h3-7,9-10H,1-2,8H2,(H,34,35)(H,27,28,29)/b13-7+. The predicted octanol–water partition coefficient (Wildman–Crippen LogP) is 4.08. The van der Waals surface area contributed by atoms with E-state index in [0.29, 0.717) is 0 Å². The van der Waals surface area contributed by atoms with Crippen LogP contribution in [0.3, 0.4) is 0 Å². The SMILES string of the molecule is O=C(O)/C(=C/n1cnc(-c2cc(C3CC3)nc(C(F)(F)F)c2)n1)c1cnc(NCC(F)(F)F)nc1. The first-order chi connectivity index (χ1) is 16.4. The number of nitrogens with zero attached hydrogens (tertiary/aromatic N) is 6. The number of aliphatic carboxylic acids is 1. The van der Waals surface area contributed by atoms with Crippen LogP contribution in [0.4, 0.5) is 32.3 Å². The van der Waals surface area contributed by atoms with Gasteiger partial charge in [0.05, 0.1) is 5.57 Å². The van der Waals surface area contributed by atoms with Crippen LogP contribution in [0.25, 0.3) is 23.2 Å². The summed E-state index contributed by atoms with van der Waals surface area (Å²) in [6, 6.07) is 2.28. The normalized spacial score (nSPS) is 14.7. The summed E-state index contributed by atoms with van der Waals surface area (Å²) in [5.74, 6) is -1.93. The van der Waals surface area contributed by atoms with Crippen LogP contribution in [0.2, 0.25) is 0 Å². The highest BCUT2D eigenvalue weighted by molar-refractivity contribution is 6.19. The van der Waals surface area contributed by atoms with Gasteiger partial charge in [-0.1, -0.05) is 0 Å². The fourth-order valence-electron chi connectivity index (χ4n) is 3.01. The lowest BCUT2D eigenvalue weighted by Crippen LogP contribution is -2.22. The van der Waals surface area contributed by atoms with Crippen LogP contribution in [-0.4, -0.2) is 53.5 Å². The zero-order valence-electron chi connectivity index (χ0n) is 17.5. The highest BCUT2D eigenvalue weighted by Crippen LogP contribution is 2.41. The van der Waals surface area contributed by atoms with Crippen molar-refractivity contribution >= 4 is 23.7 Å². The maximum atomic E-state index is 13.3. The Bertz CT molecular complexity index is 1260. The van der Waals surface area contributed by atoms with E-state index in [2.05, 4.69) is 25.0 Å². The first kappa shape index (κ1) is 24.1. The monoisotopic (exact) mass is 499 g/mol. The van der Waals surface area contributed by atoms with Crippen LogP contribution in [0.15, 0.2) is 30.9 Å². The smallest absolute Gasteiger partial charge is 0.433 e. The van der Waals surface area contributed by atoms with Gasteiger partial charge in [-0.2, -0.15) is 26.3 Å². The molecule has 15 heteroatoms. The van der Waals surface area contributed by atoms with Crippen molar-refractivity contribution < 1.29 is 36.2 Å². The molecule has 0 atom stereocenters. The average molecular weight is 499 g/mol. The summed E-state index contributed by atoms with van der Waals surface area (Å²) in [4.78, 5) is 26.7. The quantitative estimate of drug-likeness (QED) is 0.369. The molecular weight excluding hydrogens is 484 g/mol. The predicted molar refractivity (Wildman–Crippen MR) is 109 cm³/mol. The molecule has 0 aromatic carbocycles. The average Bonchev–Trinajstić information content (AvgIpc) is 3.53. The van der Waals surface area contributed by atoms with Gasteiger partial charge in [-0.05, 0) is 25.0 Å². The fraction of sp³-hybridized carbons (Fsp3) is 0.300. The summed E-state index contributed by atoms with van der Waals surface area (Å²) in [5, 5.41) is 15.5. The largest absolute Gasteiger partial charge is 0.478 e. The van der Waals surface area contributed by atoms with Gasteiger partial charge in [0.15, 0.2) is 5.82 Å². The molecule has 1 fully saturated rings. The lowest BCUT2D eigenvalue weighted by atomic mass is 10.1. The van der Waals surface area contributed by atoms with Gasteiger partial charge < -0.3 is 10.4 Å². The van der Waals surface area contributed by atoms with E-state index in [4.69, 9.17) is 0 Å². The highest BCUT2D eigenvalue weighted by Gasteiger charge is 2.36. The second kappa shape index (κ2) is 8.96. The zero-order valence-corrected chi connectivity index (χ0v) is 17.5. The molecule has 184 valence electrons. The second-order valence-electron chi connectivity index (χ2n) is 7.60. The van der Waals surface area contributed by atoms with Crippen LogP contribution in [0.1, 0.15) is 35.7 Å². The first-order valence-electron chi connectivity index (χ1n) is 9.98. The lowest BCUT2D eigenvalue weighted by Gasteiger charge is -2.09. The molecule has 2 N–H and O–H groups in total. The van der Waals surface area contributed by atoms with Gasteiger partial charge in [0.25, 0.3) is 0 Å². The Morgan fingerprint density at radius 3 is 2.37 bits per heavy atom. The number of hydrogen-bond donors (Lipinski definition) is 2. The Hall–Kier alpha value is -4.04. The van der Waals surface area contributed by atoms with Crippen LogP contribution >= 0.6 is 0 Å². The summed E-state index contributed by atoms with van der Waals surface area (Å²) in [6.45, 7) is -1.37. The summed E-state index contributed by atoms with van der Waals surface area (Å²) in [6.07, 6.45) is -3.57. The number of rotatable bonds is 7. The van der Waals surface area contributed by atoms with Crippen LogP contribution in [0.5, 0.6) is 0 Å². The molecule has 3 aromatic rings. The molecule has 0 saturated heterocycles. The highest BCUT2D eigenvalue weighted by atomic mass is 19.4. The van der Waals surface area contributed by atoms with Crippen LogP contribution in [0, 0.1) is 0 Å². The van der Waals surface area contributed by atoms with Gasteiger partial charge in [-0.15, -0.1) is 5.10 Å². The molecule has 1 aliphatic carbocycles. The molecule has 0 aliphatic heterocycles. The Labute approximate surface area is 192 Å². The van der Waals surface area contributed by atoms with E-state index in [-0.39, 0.29) is 40.1 Å². The molecule has 3 aromatic heterocycles. The summed E-state index contributed by atoms with van der Waals surface area (Å²) >= 11 is 0. The minimum absolute atomic E-state index is 0.0496. The van der Waals surface area contributed by atoms with Crippen molar-refractivity contribution in [1.29, 1.82) is 0 Å². The summed E-state index contributed by atoms with van der Waals surface area (Å²) in [5.41, 5.74) is -1.16. The molecule has 9 nitrogen and oxygen atoms in total. The van der Waals surface area contributed by atoms with E-state index >= 15 is 0 Å². The van der Waals surface area contributed by atoms with Gasteiger partial charge in [0.1, 0.15) is 18.6 Å². The number of carboxylic acid groups (broad SMARTS) is 1. The number of nitrogens with one attached hydrogen (secondary N) is 1. The number of aromatic nitrogens is 6. The Balaban J connectivity index is 1.61. The van der Waals surface area contributed by atoms with Gasteiger partial charge in [0.2, 0.25) is 5.95 Å². The van der Waals surface area contributed by atoms with Crippen molar-refractivity contribution in [3.05, 3.63) is 47.8 Å². The lowest BCUT2D eigenvalue weighted by molar-refractivity contribution is -0.141. The molecule has 0 unspecified atom stereocenters. The maximum absolute atomic E-state index is 13.3. The summed E-state index contributed by atoms with van der Waals surface area (Å²) < 4.78 is 77.7. The van der Waals surface area contributed by atoms with E-state index in [9.17, 15) is 36.2 Å². The number of anilines is 1. The van der Waals surface area contributed by atoms with E-state index in [1.54, 1.807) is 0 Å². The van der Waals surface area contributed by atoms with Crippen molar-refractivity contribution in [2.75, 3.05) is 11.9 Å². The Morgan fingerprint density at radius 2 is 1.80 bits per heavy atom. The van der Waals surface area contributed by atoms with Crippen LogP contribution in [-0.2, 0) is 11.0 Å². The molecule has 3 heterocycles. The van der Waals surface area contributed by atoms with E-state index in [1.807, 2.05) is 5.32 Å². The van der Waals surface area contributed by atoms with E-state index < -0.39 is 30.6 Å². The van der Waals surface area contributed by atoms with Crippen molar-refractivity contribution in [2.24, 2.45) is 0 Å². The topological polar surface area (TPSA) is 119 Å².